The van der Waals surface area contributed by atoms with E-state index in [4.69, 9.17) is 0 Å². The van der Waals surface area contributed by atoms with Crippen LogP contribution in [0.5, 0.6) is 0 Å². The average molecular weight is 349 g/mol. The Morgan fingerprint density at radius 2 is 2.19 bits per heavy atom. The van der Waals surface area contributed by atoms with Gasteiger partial charge in [0, 0.05) is 28.0 Å². The Bertz CT molecular complexity index is 674. The highest BCUT2D eigenvalue weighted by Gasteiger charge is 2.32. The quantitative estimate of drug-likeness (QED) is 0.879. The van der Waals surface area contributed by atoms with Crippen LogP contribution in [-0.2, 0) is 4.79 Å². The van der Waals surface area contributed by atoms with Gasteiger partial charge in [-0.1, -0.05) is 34.5 Å². The van der Waals surface area contributed by atoms with Crippen LogP contribution >= 0.6 is 15.9 Å². The standard InChI is InChI=1S/C16H17BrN2O2/c17-14-6-2-5-13-12(14)7-8-18-15(13)19-9-10-3-1-4-11(10)16(20)21/h2,5-8,10-11H,1,3-4,9H2,(H,18,19)(H,20,21). The second-order valence-corrected chi connectivity index (χ2v) is 6.37. The SMILES string of the molecule is O=C(O)C1CCCC1CNc1nccc2c(Br)cccc12. The number of nitrogens with zero attached hydrogens (tertiary/aromatic N) is 1. The van der Waals surface area contributed by atoms with Crippen molar-refractivity contribution in [1.29, 1.82) is 0 Å². The fraction of sp³-hybridized carbons (Fsp3) is 0.375. The molecule has 1 aliphatic rings. The summed E-state index contributed by atoms with van der Waals surface area (Å²) in [7, 11) is 0. The predicted molar refractivity (Wildman–Crippen MR) is 86.4 cm³/mol. The summed E-state index contributed by atoms with van der Waals surface area (Å²) in [5.41, 5.74) is 0. The summed E-state index contributed by atoms with van der Waals surface area (Å²) >= 11 is 3.54. The van der Waals surface area contributed by atoms with Crippen molar-refractivity contribution in [2.24, 2.45) is 11.8 Å². The number of carboxylic acids is 1. The van der Waals surface area contributed by atoms with Gasteiger partial charge in [-0.05, 0) is 30.9 Å². The molecule has 1 heterocycles. The third-order valence-electron chi connectivity index (χ3n) is 4.26. The Labute approximate surface area is 131 Å². The third kappa shape index (κ3) is 2.88. The summed E-state index contributed by atoms with van der Waals surface area (Å²) in [6.07, 6.45) is 4.53. The molecule has 1 fully saturated rings. The van der Waals surface area contributed by atoms with Gasteiger partial charge in [0.05, 0.1) is 5.92 Å². The highest BCUT2D eigenvalue weighted by Crippen LogP contribution is 2.33. The number of aliphatic carboxylic acids is 1. The normalized spacial score (nSPS) is 21.6. The fourth-order valence-corrected chi connectivity index (χ4v) is 3.64. The molecule has 0 bridgehead atoms. The average Bonchev–Trinajstić information content (AvgIpc) is 2.94. The van der Waals surface area contributed by atoms with E-state index in [-0.39, 0.29) is 11.8 Å². The zero-order chi connectivity index (χ0) is 14.8. The maximum atomic E-state index is 11.2. The molecule has 2 N–H and O–H groups in total. The van der Waals surface area contributed by atoms with Crippen LogP contribution in [0, 0.1) is 11.8 Å². The number of rotatable bonds is 4. The van der Waals surface area contributed by atoms with Gasteiger partial charge in [0.25, 0.3) is 0 Å². The summed E-state index contributed by atoms with van der Waals surface area (Å²) in [5, 5.41) is 14.7. The number of carboxylic acid groups (broad SMARTS) is 1. The molecule has 5 heteroatoms. The van der Waals surface area contributed by atoms with Crippen molar-refractivity contribution in [2.75, 3.05) is 11.9 Å². The first-order valence-corrected chi connectivity index (χ1v) is 7.96. The lowest BCUT2D eigenvalue weighted by Crippen LogP contribution is -2.24. The molecule has 0 radical (unpaired) electrons. The lowest BCUT2D eigenvalue weighted by atomic mass is 9.96. The van der Waals surface area contributed by atoms with Crippen LogP contribution in [0.25, 0.3) is 10.8 Å². The second-order valence-electron chi connectivity index (χ2n) is 5.51. The van der Waals surface area contributed by atoms with Gasteiger partial charge in [0.1, 0.15) is 5.82 Å². The van der Waals surface area contributed by atoms with Crippen LogP contribution in [0.4, 0.5) is 5.82 Å². The monoisotopic (exact) mass is 348 g/mol. The van der Waals surface area contributed by atoms with Gasteiger partial charge in [-0.25, -0.2) is 4.98 Å². The van der Waals surface area contributed by atoms with E-state index in [0.717, 1.165) is 40.3 Å². The number of pyridine rings is 1. The summed E-state index contributed by atoms with van der Waals surface area (Å²) in [6.45, 7) is 0.662. The van der Waals surface area contributed by atoms with Crippen molar-refractivity contribution >= 4 is 38.5 Å². The molecular formula is C16H17BrN2O2. The molecule has 0 saturated heterocycles. The molecule has 1 saturated carbocycles. The number of anilines is 1. The van der Waals surface area contributed by atoms with Gasteiger partial charge in [0.2, 0.25) is 0 Å². The minimum Gasteiger partial charge on any atom is -0.481 e. The Kier molecular flexibility index (Phi) is 4.10. The highest BCUT2D eigenvalue weighted by molar-refractivity contribution is 9.10. The first kappa shape index (κ1) is 14.3. The number of aromatic nitrogens is 1. The van der Waals surface area contributed by atoms with Crippen LogP contribution in [0.2, 0.25) is 0 Å². The van der Waals surface area contributed by atoms with E-state index in [9.17, 15) is 9.90 Å². The Morgan fingerprint density at radius 1 is 1.33 bits per heavy atom. The number of nitrogens with one attached hydrogen (secondary N) is 1. The fourth-order valence-electron chi connectivity index (χ4n) is 3.14. The number of benzene rings is 1. The zero-order valence-corrected chi connectivity index (χ0v) is 13.1. The molecule has 3 rings (SSSR count). The molecule has 1 aromatic heterocycles. The first-order valence-electron chi connectivity index (χ1n) is 7.16. The van der Waals surface area contributed by atoms with E-state index in [1.54, 1.807) is 6.20 Å². The van der Waals surface area contributed by atoms with Gasteiger partial charge in [-0.15, -0.1) is 0 Å². The van der Waals surface area contributed by atoms with Crippen molar-refractivity contribution in [3.05, 3.63) is 34.9 Å². The summed E-state index contributed by atoms with van der Waals surface area (Å²) in [6, 6.07) is 7.98. The Balaban J connectivity index is 1.80. The van der Waals surface area contributed by atoms with E-state index in [1.165, 1.54) is 0 Å². The van der Waals surface area contributed by atoms with E-state index in [1.807, 2.05) is 24.3 Å². The molecule has 2 aromatic rings. The van der Waals surface area contributed by atoms with Crippen LogP contribution in [-0.4, -0.2) is 22.6 Å². The van der Waals surface area contributed by atoms with Crippen molar-refractivity contribution in [2.45, 2.75) is 19.3 Å². The maximum Gasteiger partial charge on any atom is 0.306 e. The smallest absolute Gasteiger partial charge is 0.306 e. The van der Waals surface area contributed by atoms with Gasteiger partial charge >= 0.3 is 5.97 Å². The van der Waals surface area contributed by atoms with Crippen molar-refractivity contribution in [3.8, 4) is 0 Å². The van der Waals surface area contributed by atoms with E-state index >= 15 is 0 Å². The molecule has 0 amide bonds. The number of carbonyl (C=O) groups is 1. The molecular weight excluding hydrogens is 332 g/mol. The van der Waals surface area contributed by atoms with Gasteiger partial charge in [0.15, 0.2) is 0 Å². The maximum absolute atomic E-state index is 11.2. The first-order chi connectivity index (χ1) is 10.2. The number of hydrogen-bond acceptors (Lipinski definition) is 3. The highest BCUT2D eigenvalue weighted by atomic mass is 79.9. The van der Waals surface area contributed by atoms with Gasteiger partial charge in [-0.3, -0.25) is 4.79 Å². The molecule has 1 aliphatic carbocycles. The minimum atomic E-state index is -0.673. The molecule has 0 aliphatic heterocycles. The van der Waals surface area contributed by atoms with E-state index in [0.29, 0.717) is 6.54 Å². The van der Waals surface area contributed by atoms with Crippen molar-refractivity contribution < 1.29 is 9.90 Å². The summed E-state index contributed by atoms with van der Waals surface area (Å²) in [4.78, 5) is 15.6. The molecule has 4 nitrogen and oxygen atoms in total. The number of halogens is 1. The van der Waals surface area contributed by atoms with E-state index in [2.05, 4.69) is 26.2 Å². The predicted octanol–water partition coefficient (Wildman–Crippen LogP) is 3.91. The summed E-state index contributed by atoms with van der Waals surface area (Å²) in [5.74, 6) is 0.115. The van der Waals surface area contributed by atoms with Crippen molar-refractivity contribution in [3.63, 3.8) is 0 Å². The lowest BCUT2D eigenvalue weighted by molar-refractivity contribution is -0.142. The van der Waals surface area contributed by atoms with E-state index < -0.39 is 5.97 Å². The van der Waals surface area contributed by atoms with Gasteiger partial charge < -0.3 is 10.4 Å². The summed E-state index contributed by atoms with van der Waals surface area (Å²) < 4.78 is 1.04. The van der Waals surface area contributed by atoms with Crippen LogP contribution < -0.4 is 5.32 Å². The lowest BCUT2D eigenvalue weighted by Gasteiger charge is -2.17. The van der Waals surface area contributed by atoms with Crippen LogP contribution in [0.15, 0.2) is 34.9 Å². The molecule has 110 valence electrons. The number of fused-ring (bicyclic) bond motifs is 1. The van der Waals surface area contributed by atoms with Crippen LogP contribution in [0.1, 0.15) is 19.3 Å². The molecule has 21 heavy (non-hydrogen) atoms. The van der Waals surface area contributed by atoms with Crippen LogP contribution in [0.3, 0.4) is 0 Å². The zero-order valence-electron chi connectivity index (χ0n) is 11.6. The molecule has 1 aromatic carbocycles. The topological polar surface area (TPSA) is 62.2 Å². The molecule has 2 unspecified atom stereocenters. The minimum absolute atomic E-state index is 0.187. The number of hydrogen-bond donors (Lipinski definition) is 2. The third-order valence-corrected chi connectivity index (χ3v) is 4.95. The second kappa shape index (κ2) is 6.02. The Morgan fingerprint density at radius 3 is 3.00 bits per heavy atom. The van der Waals surface area contributed by atoms with Gasteiger partial charge in [-0.2, -0.15) is 0 Å². The van der Waals surface area contributed by atoms with Crippen molar-refractivity contribution in [1.82, 2.24) is 4.98 Å². The Hall–Kier alpha value is -1.62. The largest absolute Gasteiger partial charge is 0.481 e. The molecule has 2 atom stereocenters. The molecule has 0 spiro atoms.